The molecule has 1 aromatic rings. The fourth-order valence-electron chi connectivity index (χ4n) is 2.71. The Morgan fingerprint density at radius 3 is 2.74 bits per heavy atom. The number of carbonyl (C=O) groups excluding carboxylic acids is 3. The molecule has 8 heteroatoms. The highest BCUT2D eigenvalue weighted by atomic mass is 16.5. The molecule has 8 nitrogen and oxygen atoms in total. The Morgan fingerprint density at radius 1 is 1.30 bits per heavy atom. The van der Waals surface area contributed by atoms with Crippen molar-refractivity contribution in [2.24, 2.45) is 11.0 Å². The Hall–Kier alpha value is -2.90. The number of ether oxygens (including phenoxy) is 2. The first-order valence-corrected chi connectivity index (χ1v) is 7.11. The number of hydrazone groups is 1. The summed E-state index contributed by atoms with van der Waals surface area (Å²) in [6.07, 6.45) is 0. The Balaban J connectivity index is 1.96. The van der Waals surface area contributed by atoms with Crippen molar-refractivity contribution in [1.29, 1.82) is 0 Å². The van der Waals surface area contributed by atoms with Crippen LogP contribution in [-0.2, 0) is 19.1 Å². The molecule has 1 saturated heterocycles. The van der Waals surface area contributed by atoms with Crippen molar-refractivity contribution in [3.63, 3.8) is 0 Å². The molecule has 2 atom stereocenters. The van der Waals surface area contributed by atoms with E-state index >= 15 is 0 Å². The first-order chi connectivity index (χ1) is 11.1. The van der Waals surface area contributed by atoms with E-state index in [1.54, 1.807) is 31.2 Å². The molecular weight excluding hydrogens is 302 g/mol. The molecule has 3 rings (SSSR count). The van der Waals surface area contributed by atoms with E-state index in [1.807, 2.05) is 0 Å². The minimum atomic E-state index is -0.980. The maximum absolute atomic E-state index is 12.7. The van der Waals surface area contributed by atoms with Crippen LogP contribution in [0.2, 0.25) is 0 Å². The summed E-state index contributed by atoms with van der Waals surface area (Å²) in [4.78, 5) is 38.2. The van der Waals surface area contributed by atoms with Crippen LogP contribution in [0, 0.1) is 5.92 Å². The predicted molar refractivity (Wildman–Crippen MR) is 80.0 cm³/mol. The van der Waals surface area contributed by atoms with Crippen molar-refractivity contribution in [1.82, 2.24) is 5.43 Å². The summed E-state index contributed by atoms with van der Waals surface area (Å²) < 4.78 is 10.1. The van der Waals surface area contributed by atoms with Gasteiger partial charge in [-0.25, -0.2) is 9.69 Å². The normalized spacial score (nSPS) is 22.5. The second-order valence-electron chi connectivity index (χ2n) is 4.99. The number of amides is 2. The summed E-state index contributed by atoms with van der Waals surface area (Å²) >= 11 is 0. The summed E-state index contributed by atoms with van der Waals surface area (Å²) in [5.74, 6) is -2.29. The average molecular weight is 317 g/mol. The number of methoxy groups -OCH3 is 1. The minimum absolute atomic E-state index is 0.0763. The second-order valence-corrected chi connectivity index (χ2v) is 4.99. The Morgan fingerprint density at radius 2 is 2.04 bits per heavy atom. The lowest BCUT2D eigenvalue weighted by molar-refractivity contribution is -0.136. The third kappa shape index (κ3) is 2.23. The monoisotopic (exact) mass is 317 g/mol. The van der Waals surface area contributed by atoms with Gasteiger partial charge in [0.1, 0.15) is 17.7 Å². The maximum atomic E-state index is 12.7. The highest BCUT2D eigenvalue weighted by Gasteiger charge is 2.56. The van der Waals surface area contributed by atoms with E-state index in [9.17, 15) is 14.4 Å². The first-order valence-electron chi connectivity index (χ1n) is 7.11. The molecule has 2 aliphatic heterocycles. The summed E-state index contributed by atoms with van der Waals surface area (Å²) in [5, 5.41) is 3.80. The van der Waals surface area contributed by atoms with Gasteiger partial charge >= 0.3 is 5.97 Å². The quantitative estimate of drug-likeness (QED) is 0.624. The second kappa shape index (κ2) is 5.71. The fourth-order valence-corrected chi connectivity index (χ4v) is 2.71. The van der Waals surface area contributed by atoms with Crippen molar-refractivity contribution >= 4 is 29.2 Å². The van der Waals surface area contributed by atoms with Gasteiger partial charge in [-0.05, 0) is 19.1 Å². The van der Waals surface area contributed by atoms with Crippen molar-refractivity contribution in [2.75, 3.05) is 18.6 Å². The Bertz CT molecular complexity index is 715. The van der Waals surface area contributed by atoms with Crippen LogP contribution in [0.3, 0.4) is 0 Å². The number of carbonyl (C=O) groups is 3. The lowest BCUT2D eigenvalue weighted by atomic mass is 9.99. The zero-order valence-corrected chi connectivity index (χ0v) is 12.6. The topological polar surface area (TPSA) is 97.3 Å². The van der Waals surface area contributed by atoms with Crippen LogP contribution in [-0.4, -0.2) is 43.3 Å². The van der Waals surface area contributed by atoms with Crippen LogP contribution in [0.15, 0.2) is 29.4 Å². The summed E-state index contributed by atoms with van der Waals surface area (Å²) in [6, 6.07) is 5.79. The van der Waals surface area contributed by atoms with Gasteiger partial charge in [0, 0.05) is 0 Å². The van der Waals surface area contributed by atoms with Gasteiger partial charge in [0.25, 0.3) is 5.91 Å². The average Bonchev–Trinajstić information content (AvgIpc) is 3.09. The van der Waals surface area contributed by atoms with Crippen LogP contribution in [0.1, 0.15) is 6.92 Å². The number of rotatable bonds is 4. The molecule has 0 aliphatic carbocycles. The molecule has 0 bridgehead atoms. The van der Waals surface area contributed by atoms with Crippen LogP contribution < -0.4 is 15.1 Å². The number of esters is 1. The van der Waals surface area contributed by atoms with Crippen LogP contribution in [0.5, 0.6) is 5.75 Å². The zero-order chi connectivity index (χ0) is 16.6. The summed E-state index contributed by atoms with van der Waals surface area (Å²) in [5.41, 5.74) is 2.82. The van der Waals surface area contributed by atoms with E-state index in [0.29, 0.717) is 11.4 Å². The third-order valence-electron chi connectivity index (χ3n) is 3.74. The van der Waals surface area contributed by atoms with Crippen molar-refractivity contribution < 1.29 is 23.9 Å². The highest BCUT2D eigenvalue weighted by molar-refractivity contribution is 6.46. The number of nitrogens with one attached hydrogen (secondary N) is 1. The van der Waals surface area contributed by atoms with E-state index in [2.05, 4.69) is 10.5 Å². The number of nitrogens with zero attached hydrogens (tertiary/aromatic N) is 2. The maximum Gasteiger partial charge on any atom is 0.355 e. The lowest BCUT2D eigenvalue weighted by Gasteiger charge is -2.18. The predicted octanol–water partition coefficient (Wildman–Crippen LogP) is 0.0755. The van der Waals surface area contributed by atoms with Gasteiger partial charge in [-0.15, -0.1) is 0 Å². The Kier molecular flexibility index (Phi) is 3.73. The van der Waals surface area contributed by atoms with E-state index in [0.717, 1.165) is 4.90 Å². The molecule has 0 radical (unpaired) electrons. The van der Waals surface area contributed by atoms with Crippen LogP contribution >= 0.6 is 0 Å². The van der Waals surface area contributed by atoms with Crippen molar-refractivity contribution in [3.05, 3.63) is 24.3 Å². The molecule has 2 heterocycles. The number of hydrogen-bond donors (Lipinski definition) is 1. The summed E-state index contributed by atoms with van der Waals surface area (Å²) in [6.45, 7) is 1.81. The molecule has 1 aromatic carbocycles. The van der Waals surface area contributed by atoms with Gasteiger partial charge in [-0.1, -0.05) is 12.1 Å². The van der Waals surface area contributed by atoms with E-state index in [-0.39, 0.29) is 12.3 Å². The SMILES string of the molecule is CCOC(=O)C1=NNC2C(=O)N(c3ccccc3OC)C(=O)C12. The number of hydrogen-bond acceptors (Lipinski definition) is 7. The van der Waals surface area contributed by atoms with Gasteiger partial charge in [0.05, 0.1) is 19.4 Å². The van der Waals surface area contributed by atoms with Gasteiger partial charge in [-0.3, -0.25) is 15.0 Å². The number of benzene rings is 1. The smallest absolute Gasteiger partial charge is 0.355 e. The van der Waals surface area contributed by atoms with Gasteiger partial charge < -0.3 is 9.47 Å². The van der Waals surface area contributed by atoms with E-state index < -0.39 is 29.7 Å². The molecule has 2 aliphatic rings. The summed E-state index contributed by atoms with van der Waals surface area (Å²) in [7, 11) is 1.45. The molecular formula is C15H15N3O5. The standard InChI is InChI=1S/C15H15N3O5/c1-3-23-15(21)12-10-11(16-17-12)14(20)18(13(10)19)8-6-4-5-7-9(8)22-2/h4-7,10-11,16H,3H2,1-2H3. The number of imide groups is 1. The molecule has 0 saturated carbocycles. The molecule has 1 fully saturated rings. The number of para-hydroxylation sites is 2. The Labute approximate surface area is 132 Å². The van der Waals surface area contributed by atoms with Crippen molar-refractivity contribution in [3.8, 4) is 5.75 Å². The van der Waals surface area contributed by atoms with Gasteiger partial charge in [-0.2, -0.15) is 5.10 Å². The van der Waals surface area contributed by atoms with Crippen LogP contribution in [0.4, 0.5) is 5.69 Å². The van der Waals surface area contributed by atoms with Gasteiger partial charge in [0.15, 0.2) is 5.71 Å². The van der Waals surface area contributed by atoms with Gasteiger partial charge in [0.2, 0.25) is 5.91 Å². The first kappa shape index (κ1) is 15.0. The highest BCUT2D eigenvalue weighted by Crippen LogP contribution is 2.35. The zero-order valence-electron chi connectivity index (χ0n) is 12.6. The lowest BCUT2D eigenvalue weighted by Crippen LogP contribution is -2.36. The minimum Gasteiger partial charge on any atom is -0.495 e. The van der Waals surface area contributed by atoms with E-state index in [4.69, 9.17) is 9.47 Å². The molecule has 120 valence electrons. The third-order valence-corrected chi connectivity index (χ3v) is 3.74. The van der Waals surface area contributed by atoms with E-state index in [1.165, 1.54) is 7.11 Å². The van der Waals surface area contributed by atoms with Crippen LogP contribution in [0.25, 0.3) is 0 Å². The molecule has 2 amide bonds. The number of anilines is 1. The molecule has 23 heavy (non-hydrogen) atoms. The number of fused-ring (bicyclic) bond motifs is 1. The molecule has 0 aromatic heterocycles. The largest absolute Gasteiger partial charge is 0.495 e. The molecule has 1 N–H and O–H groups in total. The molecule has 0 spiro atoms. The fraction of sp³-hybridized carbons (Fsp3) is 0.333. The van der Waals surface area contributed by atoms with Crippen molar-refractivity contribution in [2.45, 2.75) is 13.0 Å². The molecule has 2 unspecified atom stereocenters.